The average Bonchev–Trinajstić information content (AvgIpc) is 3.26. The summed E-state index contributed by atoms with van der Waals surface area (Å²) in [5, 5.41) is 9.14. The van der Waals surface area contributed by atoms with Crippen molar-refractivity contribution in [3.63, 3.8) is 0 Å². The van der Waals surface area contributed by atoms with E-state index in [0.29, 0.717) is 28.8 Å². The molecule has 2 heterocycles. The predicted molar refractivity (Wildman–Crippen MR) is 171 cm³/mol. The van der Waals surface area contributed by atoms with Crippen LogP contribution in [0.15, 0.2) is 65.6 Å². The van der Waals surface area contributed by atoms with E-state index in [0.717, 1.165) is 60.9 Å². The van der Waals surface area contributed by atoms with Gasteiger partial charge in [-0.05, 0) is 78.4 Å². The standard InChI is InChI=1S/C33H34N2O5S2/c1-22-3-6-26(19-23(22)2)27-9-10-29(40-18-15-34-13-16-39-17-14-34)28(20-27)21-30-31(36)35(33(41)42-30)12-11-24-4-7-25(8-5-24)32(37)38/h3-10,19-21H,11-18H2,1-2H3,(H,37,38). The molecule has 7 nitrogen and oxygen atoms in total. The molecule has 2 aliphatic rings. The normalized spacial score (nSPS) is 16.8. The van der Waals surface area contributed by atoms with Crippen molar-refractivity contribution in [2.45, 2.75) is 20.3 Å². The molecule has 9 heteroatoms. The number of carbonyl (C=O) groups excluding carboxylic acids is 1. The lowest BCUT2D eigenvalue weighted by molar-refractivity contribution is -0.122. The van der Waals surface area contributed by atoms with Crippen molar-refractivity contribution in [3.8, 4) is 16.9 Å². The van der Waals surface area contributed by atoms with Crippen LogP contribution in [0.3, 0.4) is 0 Å². The fraction of sp³-hybridized carbons (Fsp3) is 0.303. The van der Waals surface area contributed by atoms with E-state index in [1.165, 1.54) is 22.9 Å². The van der Waals surface area contributed by atoms with E-state index in [2.05, 4.69) is 49.1 Å². The summed E-state index contributed by atoms with van der Waals surface area (Å²) in [6, 6.07) is 19.2. The maximum atomic E-state index is 13.5. The van der Waals surface area contributed by atoms with Crippen molar-refractivity contribution < 1.29 is 24.2 Å². The molecule has 0 bridgehead atoms. The number of hydrogen-bond donors (Lipinski definition) is 1. The quantitative estimate of drug-likeness (QED) is 0.230. The highest BCUT2D eigenvalue weighted by Crippen LogP contribution is 2.36. The van der Waals surface area contributed by atoms with Gasteiger partial charge in [0.15, 0.2) is 0 Å². The van der Waals surface area contributed by atoms with Gasteiger partial charge in [-0.2, -0.15) is 0 Å². The molecule has 0 radical (unpaired) electrons. The first-order chi connectivity index (χ1) is 20.3. The molecule has 2 aliphatic heterocycles. The van der Waals surface area contributed by atoms with Crippen molar-refractivity contribution in [3.05, 3.63) is 93.4 Å². The summed E-state index contributed by atoms with van der Waals surface area (Å²) in [4.78, 5) is 29.1. The third-order valence-corrected chi connectivity index (χ3v) is 8.98. The fourth-order valence-corrected chi connectivity index (χ4v) is 6.19. The number of nitrogens with zero attached hydrogens (tertiary/aromatic N) is 2. The molecular weight excluding hydrogens is 569 g/mol. The Labute approximate surface area is 256 Å². The van der Waals surface area contributed by atoms with Crippen molar-refractivity contribution in [1.82, 2.24) is 9.80 Å². The van der Waals surface area contributed by atoms with Crippen LogP contribution in [0.25, 0.3) is 17.2 Å². The van der Waals surface area contributed by atoms with Gasteiger partial charge in [0, 0.05) is 31.7 Å². The zero-order chi connectivity index (χ0) is 29.6. The Morgan fingerprint density at radius 1 is 1.00 bits per heavy atom. The molecule has 0 saturated carbocycles. The highest BCUT2D eigenvalue weighted by Gasteiger charge is 2.32. The minimum absolute atomic E-state index is 0.136. The van der Waals surface area contributed by atoms with Gasteiger partial charge in [-0.15, -0.1) is 0 Å². The number of thioether (sulfide) groups is 1. The highest BCUT2D eigenvalue weighted by atomic mass is 32.2. The van der Waals surface area contributed by atoms with E-state index in [9.17, 15) is 9.59 Å². The summed E-state index contributed by atoms with van der Waals surface area (Å²) in [6.07, 6.45) is 2.45. The third-order valence-electron chi connectivity index (χ3n) is 7.60. The van der Waals surface area contributed by atoms with Crippen LogP contribution in [-0.2, 0) is 16.0 Å². The zero-order valence-corrected chi connectivity index (χ0v) is 25.4. The maximum absolute atomic E-state index is 13.5. The van der Waals surface area contributed by atoms with E-state index in [1.807, 2.05) is 12.1 Å². The highest BCUT2D eigenvalue weighted by molar-refractivity contribution is 8.26. The number of thiocarbonyl (C=S) groups is 1. The van der Waals surface area contributed by atoms with Gasteiger partial charge in [0.25, 0.3) is 5.91 Å². The summed E-state index contributed by atoms with van der Waals surface area (Å²) in [5.74, 6) is -0.378. The van der Waals surface area contributed by atoms with Gasteiger partial charge in [-0.1, -0.05) is 60.4 Å². The number of hydrogen-bond acceptors (Lipinski definition) is 7. The smallest absolute Gasteiger partial charge is 0.335 e. The molecule has 0 unspecified atom stereocenters. The van der Waals surface area contributed by atoms with Crippen LogP contribution < -0.4 is 4.74 Å². The van der Waals surface area contributed by atoms with Gasteiger partial charge >= 0.3 is 5.97 Å². The number of rotatable bonds is 10. The summed E-state index contributed by atoms with van der Waals surface area (Å²) < 4.78 is 12.2. The Morgan fingerprint density at radius 2 is 1.71 bits per heavy atom. The van der Waals surface area contributed by atoms with Gasteiger partial charge < -0.3 is 14.6 Å². The average molecular weight is 603 g/mol. The lowest BCUT2D eigenvalue weighted by Gasteiger charge is -2.26. The van der Waals surface area contributed by atoms with Crippen molar-refractivity contribution in [2.75, 3.05) is 46.0 Å². The van der Waals surface area contributed by atoms with Crippen LogP contribution in [0.4, 0.5) is 0 Å². The third kappa shape index (κ3) is 7.28. The first-order valence-electron chi connectivity index (χ1n) is 14.0. The Morgan fingerprint density at radius 3 is 2.43 bits per heavy atom. The van der Waals surface area contributed by atoms with Crippen molar-refractivity contribution in [1.29, 1.82) is 0 Å². The topological polar surface area (TPSA) is 79.3 Å². The van der Waals surface area contributed by atoms with Crippen LogP contribution in [-0.4, -0.2) is 77.1 Å². The fourth-order valence-electron chi connectivity index (χ4n) is 4.89. The van der Waals surface area contributed by atoms with Gasteiger partial charge in [-0.3, -0.25) is 14.6 Å². The Bertz CT molecular complexity index is 1510. The van der Waals surface area contributed by atoms with E-state index in [4.69, 9.17) is 26.8 Å². The Balaban J connectivity index is 1.35. The molecule has 218 valence electrons. The van der Waals surface area contributed by atoms with E-state index < -0.39 is 5.97 Å². The molecule has 2 fully saturated rings. The van der Waals surface area contributed by atoms with Crippen molar-refractivity contribution in [2.24, 2.45) is 0 Å². The van der Waals surface area contributed by atoms with E-state index >= 15 is 0 Å². The molecule has 5 rings (SSSR count). The summed E-state index contributed by atoms with van der Waals surface area (Å²) in [6.45, 7) is 9.24. The van der Waals surface area contributed by atoms with E-state index in [-0.39, 0.29) is 11.5 Å². The SMILES string of the molecule is Cc1ccc(-c2ccc(OCCN3CCOCC3)c(C=C3SC(=S)N(CCc4ccc(C(=O)O)cc4)C3=O)c2)cc1C. The minimum atomic E-state index is -0.963. The monoisotopic (exact) mass is 602 g/mol. The second kappa shape index (κ2) is 13.6. The molecule has 3 aromatic carbocycles. The largest absolute Gasteiger partial charge is 0.492 e. The van der Waals surface area contributed by atoms with Gasteiger partial charge in [0.05, 0.1) is 23.7 Å². The predicted octanol–water partition coefficient (Wildman–Crippen LogP) is 5.82. The van der Waals surface area contributed by atoms with Crippen molar-refractivity contribution >= 4 is 46.3 Å². The van der Waals surface area contributed by atoms with Crippen LogP contribution >= 0.6 is 24.0 Å². The molecule has 42 heavy (non-hydrogen) atoms. The number of benzene rings is 3. The number of aromatic carboxylic acids is 1. The molecule has 1 amide bonds. The van der Waals surface area contributed by atoms with E-state index in [1.54, 1.807) is 29.2 Å². The molecular formula is C33H34N2O5S2. The minimum Gasteiger partial charge on any atom is -0.492 e. The first kappa shape index (κ1) is 30.0. The number of ether oxygens (including phenoxy) is 2. The molecule has 0 spiro atoms. The lowest BCUT2D eigenvalue weighted by atomic mass is 9.98. The maximum Gasteiger partial charge on any atom is 0.335 e. The number of morpholine rings is 1. The molecule has 3 aromatic rings. The van der Waals surface area contributed by atoms with Gasteiger partial charge in [0.2, 0.25) is 0 Å². The van der Waals surface area contributed by atoms with Crippen LogP contribution in [0.1, 0.15) is 32.6 Å². The molecule has 2 saturated heterocycles. The molecule has 0 atom stereocenters. The van der Waals surface area contributed by atoms with Gasteiger partial charge in [0.1, 0.15) is 16.7 Å². The second-order valence-electron chi connectivity index (χ2n) is 10.4. The van der Waals surface area contributed by atoms with Crippen LogP contribution in [0.2, 0.25) is 0 Å². The first-order valence-corrected chi connectivity index (χ1v) is 15.2. The Hall–Kier alpha value is -3.50. The molecule has 0 aliphatic carbocycles. The van der Waals surface area contributed by atoms with Crippen LogP contribution in [0.5, 0.6) is 5.75 Å². The zero-order valence-electron chi connectivity index (χ0n) is 23.8. The second-order valence-corrected chi connectivity index (χ2v) is 12.1. The number of amides is 1. The number of carboxylic acid groups (broad SMARTS) is 1. The Kier molecular flexibility index (Phi) is 9.74. The summed E-state index contributed by atoms with van der Waals surface area (Å²) >= 11 is 6.88. The molecule has 1 N–H and O–H groups in total. The number of aryl methyl sites for hydroxylation is 2. The lowest BCUT2D eigenvalue weighted by Crippen LogP contribution is -2.38. The number of carbonyl (C=O) groups is 2. The number of carboxylic acids is 1. The van der Waals surface area contributed by atoms with Gasteiger partial charge in [-0.25, -0.2) is 4.79 Å². The summed E-state index contributed by atoms with van der Waals surface area (Å²) in [5.41, 5.74) is 6.62. The summed E-state index contributed by atoms with van der Waals surface area (Å²) in [7, 11) is 0. The van der Waals surface area contributed by atoms with Crippen LogP contribution in [0, 0.1) is 13.8 Å². The molecule has 0 aromatic heterocycles.